The first kappa shape index (κ1) is 12.3. The Labute approximate surface area is 123 Å². The molecule has 0 aromatic heterocycles. The van der Waals surface area contributed by atoms with Crippen molar-refractivity contribution in [1.29, 1.82) is 0 Å². The lowest BCUT2D eigenvalue weighted by atomic mass is 10.1. The van der Waals surface area contributed by atoms with E-state index in [4.69, 9.17) is 5.73 Å². The second kappa shape index (κ2) is 4.52. The Morgan fingerprint density at radius 3 is 2.81 bits per heavy atom. The Hall–Kier alpha value is -2.49. The lowest BCUT2D eigenvalue weighted by Gasteiger charge is -2.12. The van der Waals surface area contributed by atoms with Gasteiger partial charge in [-0.25, -0.2) is 0 Å². The van der Waals surface area contributed by atoms with Gasteiger partial charge in [0.1, 0.15) is 0 Å². The van der Waals surface area contributed by atoms with E-state index in [-0.39, 0.29) is 5.91 Å². The highest BCUT2D eigenvalue weighted by Gasteiger charge is 2.19. The predicted octanol–water partition coefficient (Wildman–Crippen LogP) is 3.00. The Bertz CT molecular complexity index is 752. The highest BCUT2D eigenvalue weighted by molar-refractivity contribution is 6.01. The first-order valence-corrected chi connectivity index (χ1v) is 7.30. The van der Waals surface area contributed by atoms with Gasteiger partial charge in [-0.1, -0.05) is 6.07 Å². The van der Waals surface area contributed by atoms with Crippen molar-refractivity contribution in [1.82, 2.24) is 0 Å². The van der Waals surface area contributed by atoms with E-state index in [9.17, 15) is 4.79 Å². The molecule has 4 heteroatoms. The number of hydrogen-bond acceptors (Lipinski definition) is 3. The van der Waals surface area contributed by atoms with Crippen molar-refractivity contribution in [2.24, 2.45) is 0 Å². The van der Waals surface area contributed by atoms with Crippen LogP contribution >= 0.6 is 0 Å². The minimum Gasteiger partial charge on any atom is -0.397 e. The van der Waals surface area contributed by atoms with Gasteiger partial charge in [-0.15, -0.1) is 0 Å². The van der Waals surface area contributed by atoms with E-state index in [1.54, 1.807) is 0 Å². The van der Waals surface area contributed by atoms with Crippen LogP contribution in [0.5, 0.6) is 0 Å². The zero-order valence-corrected chi connectivity index (χ0v) is 11.7. The molecule has 1 aliphatic heterocycles. The van der Waals surface area contributed by atoms with E-state index < -0.39 is 0 Å². The molecule has 2 aromatic carbocycles. The molecule has 1 amide bonds. The van der Waals surface area contributed by atoms with Crippen LogP contribution in [0.1, 0.15) is 23.1 Å². The smallest absolute Gasteiger partial charge is 0.228 e. The number of amides is 1. The normalized spacial score (nSPS) is 15.5. The van der Waals surface area contributed by atoms with Gasteiger partial charge in [0, 0.05) is 11.4 Å². The number of rotatable bonds is 2. The number of nitrogens with one attached hydrogen (secondary N) is 2. The number of nitrogen functional groups attached to an aromatic ring is 1. The summed E-state index contributed by atoms with van der Waals surface area (Å²) in [6.45, 7) is 0. The highest BCUT2D eigenvalue weighted by Crippen LogP contribution is 2.34. The molecular formula is C17H17N3O. The summed E-state index contributed by atoms with van der Waals surface area (Å²) in [4.78, 5) is 11.4. The first-order chi connectivity index (χ1) is 10.2. The SMILES string of the molecule is Nc1cc2c(cc1Nc1ccc3c(c1)CCC3)NC(=O)C2. The maximum Gasteiger partial charge on any atom is 0.228 e. The molecule has 0 bridgehead atoms. The highest BCUT2D eigenvalue weighted by atomic mass is 16.1. The average Bonchev–Trinajstić information content (AvgIpc) is 3.04. The summed E-state index contributed by atoms with van der Waals surface area (Å²) in [5.74, 6) is 0.0269. The van der Waals surface area contributed by atoms with Crippen molar-refractivity contribution < 1.29 is 4.79 Å². The standard InChI is InChI=1S/C17H17N3O/c18-14-7-12-8-17(21)20-15(12)9-16(14)19-13-5-4-10-2-1-3-11(10)6-13/h4-7,9,19H,1-3,8,18H2,(H,20,21). The quantitative estimate of drug-likeness (QED) is 0.740. The monoisotopic (exact) mass is 279 g/mol. The van der Waals surface area contributed by atoms with Crippen molar-refractivity contribution >= 4 is 28.7 Å². The maximum atomic E-state index is 11.4. The van der Waals surface area contributed by atoms with Crippen molar-refractivity contribution in [3.05, 3.63) is 47.0 Å². The Kier molecular flexibility index (Phi) is 2.64. The van der Waals surface area contributed by atoms with E-state index in [0.29, 0.717) is 12.1 Å². The summed E-state index contributed by atoms with van der Waals surface area (Å²) in [5, 5.41) is 6.23. The largest absolute Gasteiger partial charge is 0.397 e. The predicted molar refractivity (Wildman–Crippen MR) is 84.9 cm³/mol. The fourth-order valence-electron chi connectivity index (χ4n) is 3.21. The number of nitrogens with two attached hydrogens (primary N) is 1. The van der Waals surface area contributed by atoms with Crippen molar-refractivity contribution in [3.8, 4) is 0 Å². The van der Waals surface area contributed by atoms with Crippen LogP contribution in [0.25, 0.3) is 0 Å². The van der Waals surface area contributed by atoms with Gasteiger partial charge in [-0.05, 0) is 60.2 Å². The molecule has 0 atom stereocenters. The molecule has 0 saturated carbocycles. The fraction of sp³-hybridized carbons (Fsp3) is 0.235. The molecule has 0 unspecified atom stereocenters. The molecular weight excluding hydrogens is 262 g/mol. The van der Waals surface area contributed by atoms with Gasteiger partial charge in [-0.3, -0.25) is 4.79 Å². The van der Waals surface area contributed by atoms with Crippen LogP contribution in [-0.2, 0) is 24.1 Å². The van der Waals surface area contributed by atoms with E-state index in [1.807, 2.05) is 12.1 Å². The Morgan fingerprint density at radius 2 is 1.90 bits per heavy atom. The summed E-state index contributed by atoms with van der Waals surface area (Å²) >= 11 is 0. The van der Waals surface area contributed by atoms with Crippen molar-refractivity contribution in [3.63, 3.8) is 0 Å². The molecule has 1 aliphatic carbocycles. The number of carbonyl (C=O) groups is 1. The topological polar surface area (TPSA) is 67.2 Å². The molecule has 2 aliphatic rings. The molecule has 4 N–H and O–H groups in total. The molecule has 0 radical (unpaired) electrons. The van der Waals surface area contributed by atoms with E-state index in [0.717, 1.165) is 29.0 Å². The number of carbonyl (C=O) groups excluding carboxylic acids is 1. The zero-order chi connectivity index (χ0) is 14.4. The number of hydrogen-bond donors (Lipinski definition) is 3. The number of fused-ring (bicyclic) bond motifs is 2. The summed E-state index contributed by atoms with van der Waals surface area (Å²) in [6, 6.07) is 10.3. The lowest BCUT2D eigenvalue weighted by Crippen LogP contribution is -2.03. The third-order valence-electron chi connectivity index (χ3n) is 4.28. The van der Waals surface area contributed by atoms with Crippen LogP contribution < -0.4 is 16.4 Å². The van der Waals surface area contributed by atoms with Gasteiger partial charge >= 0.3 is 0 Å². The van der Waals surface area contributed by atoms with Crippen LogP contribution in [0.4, 0.5) is 22.7 Å². The third kappa shape index (κ3) is 2.13. The van der Waals surface area contributed by atoms with Crippen LogP contribution in [-0.4, -0.2) is 5.91 Å². The van der Waals surface area contributed by atoms with Gasteiger partial charge in [-0.2, -0.15) is 0 Å². The molecule has 21 heavy (non-hydrogen) atoms. The van der Waals surface area contributed by atoms with Gasteiger partial charge < -0.3 is 16.4 Å². The molecule has 0 fully saturated rings. The molecule has 4 rings (SSSR count). The van der Waals surface area contributed by atoms with Crippen LogP contribution in [0.15, 0.2) is 30.3 Å². The fourth-order valence-corrected chi connectivity index (χ4v) is 3.21. The summed E-state index contributed by atoms with van der Waals surface area (Å²) < 4.78 is 0. The number of benzene rings is 2. The first-order valence-electron chi connectivity index (χ1n) is 7.30. The number of anilines is 4. The second-order valence-corrected chi connectivity index (χ2v) is 5.78. The van der Waals surface area contributed by atoms with Crippen LogP contribution in [0, 0.1) is 0 Å². The molecule has 1 heterocycles. The Morgan fingerprint density at radius 1 is 1.05 bits per heavy atom. The summed E-state index contributed by atoms with van der Waals surface area (Å²) in [6.07, 6.45) is 3.99. The van der Waals surface area contributed by atoms with Gasteiger partial charge in [0.2, 0.25) is 5.91 Å². The van der Waals surface area contributed by atoms with E-state index >= 15 is 0 Å². The number of aryl methyl sites for hydroxylation is 2. The van der Waals surface area contributed by atoms with Gasteiger partial charge in [0.25, 0.3) is 0 Å². The van der Waals surface area contributed by atoms with Gasteiger partial charge in [0.05, 0.1) is 17.8 Å². The van der Waals surface area contributed by atoms with E-state index in [2.05, 4.69) is 28.8 Å². The Balaban J connectivity index is 1.66. The zero-order valence-electron chi connectivity index (χ0n) is 11.7. The molecule has 2 aromatic rings. The maximum absolute atomic E-state index is 11.4. The second-order valence-electron chi connectivity index (χ2n) is 5.78. The van der Waals surface area contributed by atoms with Crippen molar-refractivity contribution in [2.45, 2.75) is 25.7 Å². The minimum absolute atomic E-state index is 0.0269. The molecule has 0 spiro atoms. The molecule has 0 saturated heterocycles. The molecule has 106 valence electrons. The van der Waals surface area contributed by atoms with E-state index in [1.165, 1.54) is 24.0 Å². The lowest BCUT2D eigenvalue weighted by molar-refractivity contribution is -0.115. The summed E-state index contributed by atoms with van der Waals surface area (Å²) in [5.41, 5.74) is 13.4. The van der Waals surface area contributed by atoms with Crippen LogP contribution in [0.3, 0.4) is 0 Å². The molecule has 4 nitrogen and oxygen atoms in total. The average molecular weight is 279 g/mol. The van der Waals surface area contributed by atoms with Crippen molar-refractivity contribution in [2.75, 3.05) is 16.4 Å². The van der Waals surface area contributed by atoms with Crippen LogP contribution in [0.2, 0.25) is 0 Å². The van der Waals surface area contributed by atoms with Gasteiger partial charge in [0.15, 0.2) is 0 Å². The third-order valence-corrected chi connectivity index (χ3v) is 4.28. The summed E-state index contributed by atoms with van der Waals surface area (Å²) in [7, 11) is 0. The minimum atomic E-state index is 0.0269.